The maximum absolute atomic E-state index is 13.5. The van der Waals surface area contributed by atoms with Gasteiger partial charge in [-0.3, -0.25) is 23.8 Å². The van der Waals surface area contributed by atoms with E-state index in [0.717, 1.165) is 11.2 Å². The molecule has 0 saturated carbocycles. The van der Waals surface area contributed by atoms with Gasteiger partial charge in [-0.25, -0.2) is 19.1 Å². The number of thioether (sulfide) groups is 1. The van der Waals surface area contributed by atoms with Crippen LogP contribution >= 0.6 is 11.8 Å². The zero-order valence-electron chi connectivity index (χ0n) is 23.7. The number of aromatic amines is 1. The van der Waals surface area contributed by atoms with Crippen LogP contribution < -0.4 is 15.2 Å². The van der Waals surface area contributed by atoms with Gasteiger partial charge < -0.3 is 25.8 Å². The number of H-pyrrole nitrogens is 1. The first-order chi connectivity index (χ1) is 21.8. The quantitative estimate of drug-likeness (QED) is 0.0829. The summed E-state index contributed by atoms with van der Waals surface area (Å²) >= 11 is 1.25. The topological polar surface area (TPSA) is 240 Å². The summed E-state index contributed by atoms with van der Waals surface area (Å²) < 4.78 is 32.7. The molecule has 0 spiro atoms. The van der Waals surface area contributed by atoms with Crippen LogP contribution in [0.3, 0.4) is 0 Å². The molecule has 1 unspecified atom stereocenters. The molecule has 240 valence electrons. The second kappa shape index (κ2) is 13.1. The summed E-state index contributed by atoms with van der Waals surface area (Å²) in [5, 5.41) is 23.7. The summed E-state index contributed by atoms with van der Waals surface area (Å²) in [5.74, 6) is -5.35. The fourth-order valence-corrected chi connectivity index (χ4v) is 6.87. The summed E-state index contributed by atoms with van der Waals surface area (Å²) in [7, 11) is -4.12. The van der Waals surface area contributed by atoms with Crippen LogP contribution in [0.4, 0.5) is 0 Å². The second-order valence-electron chi connectivity index (χ2n) is 10.3. The molecular formula is C28H27N6O10S2+. The van der Waals surface area contributed by atoms with E-state index < -0.39 is 74.4 Å². The van der Waals surface area contributed by atoms with E-state index in [4.69, 9.17) is 4.55 Å². The van der Waals surface area contributed by atoms with Gasteiger partial charge in [-0.05, 0) is 17.5 Å². The number of hydrogen-bond acceptors (Lipinski definition) is 9. The molecule has 3 amide bonds. The van der Waals surface area contributed by atoms with Crippen molar-refractivity contribution in [1.29, 1.82) is 0 Å². The van der Waals surface area contributed by atoms with E-state index in [2.05, 4.69) is 20.6 Å². The molecule has 2 aliphatic rings. The van der Waals surface area contributed by atoms with E-state index in [1.807, 2.05) is 0 Å². The minimum absolute atomic E-state index is 0.0941. The average Bonchev–Trinajstić information content (AvgIpc) is 3.52. The van der Waals surface area contributed by atoms with Crippen LogP contribution in [0.1, 0.15) is 38.1 Å². The van der Waals surface area contributed by atoms with Gasteiger partial charge >= 0.3 is 11.9 Å². The van der Waals surface area contributed by atoms with E-state index >= 15 is 0 Å². The molecule has 18 heteroatoms. The van der Waals surface area contributed by atoms with Crippen LogP contribution in [0.25, 0.3) is 0 Å². The number of aromatic carboxylic acids is 1. The molecule has 1 fully saturated rings. The number of nitrogens with zero attached hydrogens (tertiary/aromatic N) is 3. The third-order valence-electron chi connectivity index (χ3n) is 7.27. The molecular weight excluding hydrogens is 644 g/mol. The highest BCUT2D eigenvalue weighted by Gasteiger charge is 2.55. The lowest BCUT2D eigenvalue weighted by Crippen LogP contribution is -2.71. The minimum Gasteiger partial charge on any atom is -0.477 e. The zero-order chi connectivity index (χ0) is 33.2. The Kier molecular flexibility index (Phi) is 9.22. The zero-order valence-corrected chi connectivity index (χ0v) is 25.3. The van der Waals surface area contributed by atoms with Gasteiger partial charge in [-0.15, -0.1) is 11.8 Å². The number of carboxylic acids is 2. The van der Waals surface area contributed by atoms with Crippen molar-refractivity contribution < 1.29 is 51.7 Å². The molecule has 6 N–H and O–H groups in total. The Bertz CT molecular complexity index is 1840. The lowest BCUT2D eigenvalue weighted by atomic mass is 10.0. The monoisotopic (exact) mass is 671 g/mol. The Morgan fingerprint density at radius 1 is 1.09 bits per heavy atom. The van der Waals surface area contributed by atoms with Crippen molar-refractivity contribution in [2.45, 2.75) is 30.4 Å². The van der Waals surface area contributed by atoms with Crippen molar-refractivity contribution in [3.8, 4) is 0 Å². The van der Waals surface area contributed by atoms with Crippen molar-refractivity contribution in [3.05, 3.63) is 95.0 Å². The number of aryl methyl sites for hydroxylation is 1. The van der Waals surface area contributed by atoms with Gasteiger partial charge in [0, 0.05) is 23.5 Å². The molecule has 1 aromatic carbocycles. The first-order valence-corrected chi connectivity index (χ1v) is 16.3. The summed E-state index contributed by atoms with van der Waals surface area (Å²) in [4.78, 5) is 70.7. The summed E-state index contributed by atoms with van der Waals surface area (Å²) in [6.45, 7) is 0.119. The van der Waals surface area contributed by atoms with Crippen LogP contribution in [0.15, 0.2) is 72.5 Å². The number of β-lactam (4-membered cyclic amide) rings is 1. The molecule has 2 aliphatic heterocycles. The van der Waals surface area contributed by atoms with E-state index in [-0.39, 0.29) is 24.4 Å². The number of nitrogens with one attached hydrogen (secondary N) is 3. The normalized spacial score (nSPS) is 18.3. The number of carbonyl (C=O) groups excluding carboxylic acids is 3. The smallest absolute Gasteiger partial charge is 0.354 e. The van der Waals surface area contributed by atoms with Gasteiger partial charge in [0.25, 0.3) is 21.9 Å². The molecule has 0 aliphatic carbocycles. The Morgan fingerprint density at radius 2 is 1.78 bits per heavy atom. The number of carboxylic acid groups (broad SMARTS) is 2. The molecule has 1 saturated heterocycles. The number of amides is 3. The SMILES string of the molecule is O=C(O)C1=C(C[n+]2ccc(CCS(=O)(=O)O)cc2)CS[C@H]2[C@@H](NC(=O)C(NC(=O)c3nc[nH]c3C(=O)O)c3ccccc3)C(=O)N12. The van der Waals surface area contributed by atoms with Crippen LogP contribution in [-0.2, 0) is 37.5 Å². The Balaban J connectivity index is 1.31. The summed E-state index contributed by atoms with van der Waals surface area (Å²) in [6, 6.07) is 8.91. The number of aromatic nitrogens is 3. The van der Waals surface area contributed by atoms with Crippen molar-refractivity contribution in [2.24, 2.45) is 0 Å². The van der Waals surface area contributed by atoms with Crippen LogP contribution in [0, 0.1) is 0 Å². The molecule has 0 bridgehead atoms. The van der Waals surface area contributed by atoms with E-state index in [1.165, 1.54) is 11.8 Å². The fraction of sp³-hybridized carbons (Fsp3) is 0.250. The lowest BCUT2D eigenvalue weighted by Gasteiger charge is -2.49. The molecule has 3 atom stereocenters. The fourth-order valence-electron chi connectivity index (χ4n) is 5.04. The van der Waals surface area contributed by atoms with Gasteiger partial charge in [-0.1, -0.05) is 30.3 Å². The van der Waals surface area contributed by atoms with Crippen molar-refractivity contribution in [1.82, 2.24) is 25.5 Å². The number of fused-ring (bicyclic) bond motifs is 1. The van der Waals surface area contributed by atoms with Crippen LogP contribution in [0.5, 0.6) is 0 Å². The summed E-state index contributed by atoms with van der Waals surface area (Å²) in [5.41, 5.74) is 0.301. The highest BCUT2D eigenvalue weighted by Crippen LogP contribution is 2.40. The third-order valence-corrected chi connectivity index (χ3v) is 9.33. The van der Waals surface area contributed by atoms with Crippen LogP contribution in [-0.4, -0.2) is 90.6 Å². The Hall–Kier alpha value is -5.07. The molecule has 16 nitrogen and oxygen atoms in total. The highest BCUT2D eigenvalue weighted by atomic mass is 32.2. The lowest BCUT2D eigenvalue weighted by molar-refractivity contribution is -0.689. The maximum Gasteiger partial charge on any atom is 0.354 e. The number of rotatable bonds is 12. The summed E-state index contributed by atoms with van der Waals surface area (Å²) in [6.07, 6.45) is 4.38. The van der Waals surface area contributed by atoms with Gasteiger partial charge in [0.05, 0.1) is 12.1 Å². The highest BCUT2D eigenvalue weighted by molar-refractivity contribution is 8.00. The molecule has 3 aromatic rings. The van der Waals surface area contributed by atoms with Crippen molar-refractivity contribution in [3.63, 3.8) is 0 Å². The average molecular weight is 672 g/mol. The molecule has 46 heavy (non-hydrogen) atoms. The number of aliphatic carboxylic acids is 1. The van der Waals surface area contributed by atoms with Crippen molar-refractivity contribution >= 4 is 51.5 Å². The van der Waals surface area contributed by atoms with E-state index in [1.54, 1.807) is 59.4 Å². The predicted molar refractivity (Wildman–Crippen MR) is 159 cm³/mol. The van der Waals surface area contributed by atoms with Crippen LogP contribution in [0.2, 0.25) is 0 Å². The first-order valence-electron chi connectivity index (χ1n) is 13.6. The number of imidazole rings is 1. The van der Waals surface area contributed by atoms with E-state index in [0.29, 0.717) is 16.7 Å². The third kappa shape index (κ3) is 6.93. The minimum atomic E-state index is -4.12. The number of benzene rings is 1. The second-order valence-corrected chi connectivity index (χ2v) is 13.0. The molecule has 5 rings (SSSR count). The van der Waals surface area contributed by atoms with Gasteiger partial charge in [0.15, 0.2) is 30.3 Å². The Labute approximate surface area is 265 Å². The Morgan fingerprint density at radius 3 is 2.41 bits per heavy atom. The number of carbonyl (C=O) groups is 5. The largest absolute Gasteiger partial charge is 0.477 e. The standard InChI is InChI=1S/C28H26N6O10S2/c35-23(18(16-4-2-1-3-5-16)31-24(36)19-20(27(38)39)30-14-29-19)32-21-25(37)34-22(28(40)41)17(13-45-26(21)34)12-33-9-6-15(7-10-33)8-11-46(42,43)44/h1-7,9-10,14,18,21,26H,8,11-13H2,(H5-,29,30,31,32,35,36,38,39,40,41,42,43,44)/p+1/t18?,21-,26-/m0/s1. The van der Waals surface area contributed by atoms with Gasteiger partial charge in [0.1, 0.15) is 23.2 Å². The first kappa shape index (κ1) is 32.3. The molecule has 0 radical (unpaired) electrons. The maximum atomic E-state index is 13.5. The number of pyridine rings is 1. The predicted octanol–water partition coefficient (Wildman–Crippen LogP) is -0.264. The molecule has 2 aromatic heterocycles. The molecule has 4 heterocycles. The van der Waals surface area contributed by atoms with E-state index in [9.17, 15) is 42.6 Å². The van der Waals surface area contributed by atoms with Gasteiger partial charge in [0.2, 0.25) is 5.91 Å². The van der Waals surface area contributed by atoms with Gasteiger partial charge in [-0.2, -0.15) is 8.42 Å². The number of hydrogen-bond donors (Lipinski definition) is 6. The van der Waals surface area contributed by atoms with Crippen molar-refractivity contribution in [2.75, 3.05) is 11.5 Å².